The van der Waals surface area contributed by atoms with E-state index in [9.17, 15) is 4.79 Å². The van der Waals surface area contributed by atoms with Crippen LogP contribution in [0.3, 0.4) is 0 Å². The summed E-state index contributed by atoms with van der Waals surface area (Å²) in [5, 5.41) is 9.98. The van der Waals surface area contributed by atoms with Crippen molar-refractivity contribution in [2.75, 3.05) is 0 Å². The van der Waals surface area contributed by atoms with E-state index in [1.807, 2.05) is 6.92 Å². The molecule has 3 fully saturated rings. The van der Waals surface area contributed by atoms with Crippen molar-refractivity contribution in [1.29, 1.82) is 0 Å². The first-order valence-corrected chi connectivity index (χ1v) is 8.16. The Balaban J connectivity index is 1.31. The minimum Gasteiger partial charge on any atom is -0.364 e. The molecular weight excluding hydrogens is 266 g/mol. The van der Waals surface area contributed by atoms with Gasteiger partial charge in [-0.3, -0.25) is 0 Å². The zero-order chi connectivity index (χ0) is 14.4. The summed E-state index contributed by atoms with van der Waals surface area (Å²) in [5.41, 5.74) is 1.78. The second-order valence-corrected chi connectivity index (χ2v) is 7.03. The number of rotatable bonds is 3. The molecule has 2 bridgehead atoms. The van der Waals surface area contributed by atoms with Crippen LogP contribution in [0.25, 0.3) is 0 Å². The van der Waals surface area contributed by atoms with Gasteiger partial charge in [-0.05, 0) is 56.3 Å². The number of hydrogen-bond acceptors (Lipinski definition) is 3. The van der Waals surface area contributed by atoms with E-state index < -0.39 is 0 Å². The van der Waals surface area contributed by atoms with Gasteiger partial charge in [-0.1, -0.05) is 11.6 Å². The van der Waals surface area contributed by atoms with Crippen LogP contribution >= 0.6 is 0 Å². The molecule has 5 atom stereocenters. The van der Waals surface area contributed by atoms with E-state index in [1.165, 1.54) is 32.1 Å². The van der Waals surface area contributed by atoms with Crippen LogP contribution in [0.2, 0.25) is 0 Å². The maximum Gasteiger partial charge on any atom is 0.315 e. The molecule has 2 amide bonds. The summed E-state index contributed by atoms with van der Waals surface area (Å²) in [6, 6.07) is 0.317. The fourth-order valence-electron chi connectivity index (χ4n) is 5.10. The number of carbonyl (C=O) groups is 1. The first-order chi connectivity index (χ1) is 10.2. The fraction of sp³-hybridized carbons (Fsp3) is 0.750. The van der Waals surface area contributed by atoms with Crippen LogP contribution in [0, 0.1) is 30.6 Å². The summed E-state index contributed by atoms with van der Waals surface area (Å²) in [6.45, 7) is 2.36. The summed E-state index contributed by atoms with van der Waals surface area (Å²) in [5.74, 6) is 3.44. The summed E-state index contributed by atoms with van der Waals surface area (Å²) >= 11 is 0. The van der Waals surface area contributed by atoms with Crippen molar-refractivity contribution >= 4 is 6.03 Å². The van der Waals surface area contributed by atoms with E-state index in [4.69, 9.17) is 4.52 Å². The molecule has 5 nitrogen and oxygen atoms in total. The predicted octanol–water partition coefficient (Wildman–Crippen LogP) is 2.61. The largest absolute Gasteiger partial charge is 0.364 e. The lowest BCUT2D eigenvalue weighted by Crippen LogP contribution is -2.46. The molecular formula is C16H23N3O2. The standard InChI is InChI=1S/C16H23N3O2/c1-9-8-21-19-15(9)7-17-16(20)18-14-6-10-5-13(14)12-4-2-3-11(10)12/h8,10-14H,2-7H2,1H3,(H2,17,18,20). The van der Waals surface area contributed by atoms with Crippen molar-refractivity contribution in [3.05, 3.63) is 17.5 Å². The summed E-state index contributed by atoms with van der Waals surface area (Å²) in [6.07, 6.45) is 8.32. The summed E-state index contributed by atoms with van der Waals surface area (Å²) < 4.78 is 4.88. The van der Waals surface area contributed by atoms with E-state index in [-0.39, 0.29) is 6.03 Å². The Morgan fingerprint density at radius 3 is 3.00 bits per heavy atom. The van der Waals surface area contributed by atoms with Crippen molar-refractivity contribution in [1.82, 2.24) is 15.8 Å². The van der Waals surface area contributed by atoms with Crippen LogP contribution in [-0.2, 0) is 6.54 Å². The average molecular weight is 289 g/mol. The van der Waals surface area contributed by atoms with Gasteiger partial charge in [0.25, 0.3) is 0 Å². The minimum atomic E-state index is -0.0653. The van der Waals surface area contributed by atoms with E-state index in [0.29, 0.717) is 12.6 Å². The number of amides is 2. The van der Waals surface area contributed by atoms with Gasteiger partial charge in [-0.15, -0.1) is 0 Å². The van der Waals surface area contributed by atoms with Gasteiger partial charge < -0.3 is 15.2 Å². The third kappa shape index (κ3) is 2.23. The lowest BCUT2D eigenvalue weighted by molar-refractivity contribution is 0.197. The van der Waals surface area contributed by atoms with Crippen molar-refractivity contribution in [3.63, 3.8) is 0 Å². The number of urea groups is 1. The zero-order valence-corrected chi connectivity index (χ0v) is 12.5. The lowest BCUT2D eigenvalue weighted by Gasteiger charge is -2.32. The van der Waals surface area contributed by atoms with Crippen LogP contribution in [0.5, 0.6) is 0 Å². The van der Waals surface area contributed by atoms with Crippen molar-refractivity contribution in [3.8, 4) is 0 Å². The molecule has 3 saturated carbocycles. The topological polar surface area (TPSA) is 67.2 Å². The van der Waals surface area contributed by atoms with Gasteiger partial charge in [-0.2, -0.15) is 0 Å². The van der Waals surface area contributed by atoms with Crippen molar-refractivity contribution in [2.24, 2.45) is 23.7 Å². The van der Waals surface area contributed by atoms with E-state index in [0.717, 1.165) is 34.9 Å². The molecule has 5 unspecified atom stereocenters. The monoisotopic (exact) mass is 289 g/mol. The molecule has 0 saturated heterocycles. The Hall–Kier alpha value is -1.52. The second kappa shape index (κ2) is 5.04. The third-order valence-electron chi connectivity index (χ3n) is 6.01. The molecule has 21 heavy (non-hydrogen) atoms. The molecule has 0 radical (unpaired) electrons. The SMILES string of the molecule is Cc1conc1CNC(=O)NC1CC2CC1C1CCCC21. The lowest BCUT2D eigenvalue weighted by atomic mass is 9.79. The number of aromatic nitrogens is 1. The van der Waals surface area contributed by atoms with Gasteiger partial charge in [0, 0.05) is 11.6 Å². The Kier molecular flexibility index (Phi) is 3.16. The summed E-state index contributed by atoms with van der Waals surface area (Å²) in [4.78, 5) is 12.1. The first kappa shape index (κ1) is 13.2. The Labute approximate surface area is 124 Å². The molecule has 1 heterocycles. The van der Waals surface area contributed by atoms with Gasteiger partial charge >= 0.3 is 6.03 Å². The van der Waals surface area contributed by atoms with Gasteiger partial charge in [0.05, 0.1) is 6.54 Å². The molecule has 3 aliphatic carbocycles. The van der Waals surface area contributed by atoms with Gasteiger partial charge in [0.2, 0.25) is 0 Å². The quantitative estimate of drug-likeness (QED) is 0.899. The van der Waals surface area contributed by atoms with E-state index in [1.54, 1.807) is 6.26 Å². The van der Waals surface area contributed by atoms with E-state index in [2.05, 4.69) is 15.8 Å². The van der Waals surface area contributed by atoms with Crippen LogP contribution < -0.4 is 10.6 Å². The number of aryl methyl sites for hydroxylation is 1. The minimum absolute atomic E-state index is 0.0653. The molecule has 114 valence electrons. The Bertz CT molecular complexity index is 541. The van der Waals surface area contributed by atoms with Crippen LogP contribution in [0.4, 0.5) is 4.79 Å². The van der Waals surface area contributed by atoms with Crippen molar-refractivity contribution in [2.45, 2.75) is 51.6 Å². The maximum absolute atomic E-state index is 12.1. The highest BCUT2D eigenvalue weighted by molar-refractivity contribution is 5.74. The highest BCUT2D eigenvalue weighted by atomic mass is 16.5. The van der Waals surface area contributed by atoms with Gasteiger partial charge in [0.15, 0.2) is 0 Å². The number of carbonyl (C=O) groups excluding carboxylic acids is 1. The Morgan fingerprint density at radius 1 is 1.33 bits per heavy atom. The molecule has 2 N–H and O–H groups in total. The average Bonchev–Trinajstić information content (AvgIpc) is 3.17. The number of fused-ring (bicyclic) bond motifs is 5. The number of nitrogens with one attached hydrogen (secondary N) is 2. The van der Waals surface area contributed by atoms with Gasteiger partial charge in [0.1, 0.15) is 12.0 Å². The van der Waals surface area contributed by atoms with Crippen LogP contribution in [0.15, 0.2) is 10.8 Å². The molecule has 3 aliphatic rings. The Morgan fingerprint density at radius 2 is 2.19 bits per heavy atom. The molecule has 4 rings (SSSR count). The normalized spacial score (nSPS) is 36.7. The first-order valence-electron chi connectivity index (χ1n) is 8.16. The fourth-order valence-corrected chi connectivity index (χ4v) is 5.10. The molecule has 0 aromatic carbocycles. The van der Waals surface area contributed by atoms with Gasteiger partial charge in [-0.25, -0.2) is 4.79 Å². The highest BCUT2D eigenvalue weighted by Crippen LogP contribution is 2.58. The van der Waals surface area contributed by atoms with Crippen LogP contribution in [-0.4, -0.2) is 17.2 Å². The predicted molar refractivity (Wildman–Crippen MR) is 77.4 cm³/mol. The van der Waals surface area contributed by atoms with Crippen molar-refractivity contribution < 1.29 is 9.32 Å². The highest BCUT2D eigenvalue weighted by Gasteiger charge is 2.53. The molecule has 5 heteroatoms. The number of hydrogen-bond donors (Lipinski definition) is 2. The molecule has 1 aromatic rings. The maximum atomic E-state index is 12.1. The zero-order valence-electron chi connectivity index (χ0n) is 12.5. The molecule has 0 aliphatic heterocycles. The summed E-state index contributed by atoms with van der Waals surface area (Å²) in [7, 11) is 0. The molecule has 1 aromatic heterocycles. The van der Waals surface area contributed by atoms with Crippen LogP contribution in [0.1, 0.15) is 43.4 Å². The smallest absolute Gasteiger partial charge is 0.315 e. The second-order valence-electron chi connectivity index (χ2n) is 7.03. The third-order valence-corrected chi connectivity index (χ3v) is 6.01. The molecule has 0 spiro atoms. The van der Waals surface area contributed by atoms with E-state index >= 15 is 0 Å². The number of nitrogens with zero attached hydrogens (tertiary/aromatic N) is 1.